The van der Waals surface area contributed by atoms with Crippen LogP contribution in [0.3, 0.4) is 0 Å². The lowest BCUT2D eigenvalue weighted by Crippen LogP contribution is -2.43. The number of thioether (sulfide) groups is 1. The van der Waals surface area contributed by atoms with E-state index in [1.165, 1.54) is 0 Å². The number of alkyl halides is 3. The lowest BCUT2D eigenvalue weighted by atomic mass is 10.1. The maximum Gasteiger partial charge on any atom is 0.406 e. The molecule has 2 fully saturated rings. The van der Waals surface area contributed by atoms with Crippen LogP contribution in [0.1, 0.15) is 32.6 Å². The fraction of sp³-hybridized carbons (Fsp3) is 0.857. The van der Waals surface area contributed by atoms with E-state index in [0.29, 0.717) is 5.25 Å². The maximum atomic E-state index is 12.4. The van der Waals surface area contributed by atoms with Crippen LogP contribution in [0.4, 0.5) is 13.2 Å². The van der Waals surface area contributed by atoms with Gasteiger partial charge in [0.25, 0.3) is 0 Å². The third-order valence-corrected chi connectivity index (χ3v) is 5.44. The van der Waals surface area contributed by atoms with E-state index >= 15 is 0 Å². The van der Waals surface area contributed by atoms with Gasteiger partial charge in [-0.2, -0.15) is 24.9 Å². The highest BCUT2D eigenvalue weighted by atomic mass is 32.2. The van der Waals surface area contributed by atoms with Gasteiger partial charge in [-0.05, 0) is 18.6 Å². The lowest BCUT2D eigenvalue weighted by Gasteiger charge is -2.22. The van der Waals surface area contributed by atoms with E-state index in [0.717, 1.165) is 29.9 Å². The van der Waals surface area contributed by atoms with Gasteiger partial charge in [0.15, 0.2) is 0 Å². The summed E-state index contributed by atoms with van der Waals surface area (Å²) < 4.78 is 37.1. The first kappa shape index (κ1) is 17.4. The summed E-state index contributed by atoms with van der Waals surface area (Å²) in [5.74, 6) is -0.573. The Hall–Kier alpha value is -0.920. The summed E-state index contributed by atoms with van der Waals surface area (Å²) in [7, 11) is 0. The van der Waals surface area contributed by atoms with Crippen molar-refractivity contribution in [2.45, 2.75) is 50.1 Å². The van der Waals surface area contributed by atoms with E-state index in [1.54, 1.807) is 11.8 Å². The van der Waals surface area contributed by atoms with Gasteiger partial charge in [0.1, 0.15) is 6.54 Å². The highest BCUT2D eigenvalue weighted by molar-refractivity contribution is 7.99. The molecule has 4 nitrogen and oxygen atoms in total. The number of nitrogens with one attached hydrogen (secondary N) is 1. The molecular formula is C14H21F3N2O2S. The normalized spacial score (nSPS) is 29.2. The van der Waals surface area contributed by atoms with E-state index in [9.17, 15) is 22.8 Å². The minimum Gasteiger partial charge on any atom is -0.352 e. The summed E-state index contributed by atoms with van der Waals surface area (Å²) in [5, 5.41) is 3.31. The van der Waals surface area contributed by atoms with Crippen LogP contribution in [-0.4, -0.2) is 53.0 Å². The quantitative estimate of drug-likeness (QED) is 0.836. The highest BCUT2D eigenvalue weighted by Crippen LogP contribution is 2.31. The fourth-order valence-corrected chi connectivity index (χ4v) is 4.32. The fourth-order valence-electron chi connectivity index (χ4n) is 3.12. The minimum absolute atomic E-state index is 0.0734. The Balaban J connectivity index is 1.87. The average Bonchev–Trinajstić information content (AvgIpc) is 2.97. The summed E-state index contributed by atoms with van der Waals surface area (Å²) in [6, 6.07) is 0.0734. The maximum absolute atomic E-state index is 12.4. The van der Waals surface area contributed by atoms with Gasteiger partial charge < -0.3 is 10.2 Å². The second kappa shape index (κ2) is 7.10. The van der Waals surface area contributed by atoms with E-state index < -0.39 is 24.5 Å². The van der Waals surface area contributed by atoms with Gasteiger partial charge in [0.2, 0.25) is 11.8 Å². The Morgan fingerprint density at radius 2 is 2.14 bits per heavy atom. The van der Waals surface area contributed by atoms with Crippen LogP contribution >= 0.6 is 11.8 Å². The van der Waals surface area contributed by atoms with Crippen molar-refractivity contribution in [2.75, 3.05) is 18.8 Å². The minimum atomic E-state index is -4.42. The molecule has 0 aromatic heterocycles. The van der Waals surface area contributed by atoms with Gasteiger partial charge in [-0.1, -0.05) is 13.3 Å². The van der Waals surface area contributed by atoms with Crippen molar-refractivity contribution in [3.63, 3.8) is 0 Å². The molecule has 0 bridgehead atoms. The average molecular weight is 338 g/mol. The van der Waals surface area contributed by atoms with Crippen LogP contribution in [-0.2, 0) is 9.59 Å². The molecule has 1 aliphatic heterocycles. The number of carbonyl (C=O) groups excluding carboxylic acids is 2. The standard InChI is InChI=1S/C14H21F3N2O2S/c1-2-22-11-5-3-4-10(11)18-13(21)9-6-12(20)19(7-9)8-14(15,16)17/h9-11H,2-8H2,1H3,(H,18,21)/t9-,10-,11+/m0/s1. The smallest absolute Gasteiger partial charge is 0.352 e. The van der Waals surface area contributed by atoms with Crippen LogP contribution in [0.25, 0.3) is 0 Å². The van der Waals surface area contributed by atoms with Gasteiger partial charge in [-0.3, -0.25) is 9.59 Å². The number of halogens is 3. The molecule has 3 atom stereocenters. The van der Waals surface area contributed by atoms with Crippen molar-refractivity contribution in [1.82, 2.24) is 10.2 Å². The van der Waals surface area contributed by atoms with Crippen molar-refractivity contribution < 1.29 is 22.8 Å². The monoisotopic (exact) mass is 338 g/mol. The largest absolute Gasteiger partial charge is 0.406 e. The van der Waals surface area contributed by atoms with Gasteiger partial charge >= 0.3 is 6.18 Å². The van der Waals surface area contributed by atoms with E-state index in [1.807, 2.05) is 0 Å². The molecule has 0 aromatic carbocycles. The molecule has 1 aliphatic carbocycles. The first-order valence-corrected chi connectivity index (χ1v) is 8.61. The Labute approximate surface area is 132 Å². The molecule has 126 valence electrons. The van der Waals surface area contributed by atoms with Crippen LogP contribution in [0.15, 0.2) is 0 Å². The number of hydrogen-bond acceptors (Lipinski definition) is 3. The second-order valence-electron chi connectivity index (χ2n) is 5.83. The third kappa shape index (κ3) is 4.54. The van der Waals surface area contributed by atoms with E-state index in [-0.39, 0.29) is 24.9 Å². The lowest BCUT2D eigenvalue weighted by molar-refractivity contribution is -0.157. The van der Waals surface area contributed by atoms with Crippen LogP contribution in [0.5, 0.6) is 0 Å². The molecule has 8 heteroatoms. The first-order chi connectivity index (χ1) is 10.3. The number of hydrogen-bond donors (Lipinski definition) is 1. The molecule has 2 amide bonds. The number of likely N-dealkylation sites (tertiary alicyclic amines) is 1. The zero-order valence-electron chi connectivity index (χ0n) is 12.5. The van der Waals surface area contributed by atoms with Crippen LogP contribution in [0.2, 0.25) is 0 Å². The van der Waals surface area contributed by atoms with Crippen molar-refractivity contribution in [3.8, 4) is 0 Å². The van der Waals surface area contributed by atoms with Crippen LogP contribution in [0, 0.1) is 5.92 Å². The summed E-state index contributed by atoms with van der Waals surface area (Å²) in [4.78, 5) is 24.6. The van der Waals surface area contributed by atoms with Gasteiger partial charge in [0, 0.05) is 24.3 Å². The summed E-state index contributed by atoms with van der Waals surface area (Å²) in [5.41, 5.74) is 0. The van der Waals surface area contributed by atoms with Crippen molar-refractivity contribution in [3.05, 3.63) is 0 Å². The predicted octanol–water partition coefficient (Wildman–Crippen LogP) is 2.19. The molecule has 0 unspecified atom stereocenters. The van der Waals surface area contributed by atoms with E-state index in [4.69, 9.17) is 0 Å². The number of nitrogens with zero attached hydrogens (tertiary/aromatic N) is 1. The Bertz CT molecular complexity index is 431. The van der Waals surface area contributed by atoms with Crippen molar-refractivity contribution in [1.29, 1.82) is 0 Å². The SMILES string of the molecule is CCS[C@@H]1CCC[C@@H]1NC(=O)[C@H]1CC(=O)N(CC(F)(F)F)C1. The molecule has 1 saturated carbocycles. The molecule has 0 radical (unpaired) electrons. The van der Waals surface area contributed by atoms with Crippen LogP contribution < -0.4 is 5.32 Å². The summed E-state index contributed by atoms with van der Waals surface area (Å²) in [6.07, 6.45) is -1.55. The Morgan fingerprint density at radius 1 is 1.41 bits per heavy atom. The number of amides is 2. The predicted molar refractivity (Wildman–Crippen MR) is 78.4 cm³/mol. The summed E-state index contributed by atoms with van der Waals surface area (Å²) >= 11 is 1.80. The first-order valence-electron chi connectivity index (χ1n) is 7.56. The topological polar surface area (TPSA) is 49.4 Å². The van der Waals surface area contributed by atoms with Gasteiger partial charge in [-0.15, -0.1) is 0 Å². The highest BCUT2D eigenvalue weighted by Gasteiger charge is 2.41. The van der Waals surface area contributed by atoms with Crippen molar-refractivity contribution >= 4 is 23.6 Å². The van der Waals surface area contributed by atoms with Crippen molar-refractivity contribution in [2.24, 2.45) is 5.92 Å². The molecule has 0 spiro atoms. The van der Waals surface area contributed by atoms with Gasteiger partial charge in [-0.25, -0.2) is 0 Å². The molecule has 0 aromatic rings. The Kier molecular flexibility index (Phi) is 5.63. The molecule has 2 rings (SSSR count). The molecule has 1 heterocycles. The third-order valence-electron chi connectivity index (χ3n) is 4.12. The number of rotatable bonds is 5. The zero-order valence-corrected chi connectivity index (χ0v) is 13.3. The molecule has 1 saturated heterocycles. The van der Waals surface area contributed by atoms with E-state index in [2.05, 4.69) is 12.2 Å². The molecular weight excluding hydrogens is 317 g/mol. The summed E-state index contributed by atoms with van der Waals surface area (Å²) in [6.45, 7) is 0.655. The van der Waals surface area contributed by atoms with Gasteiger partial charge in [0.05, 0.1) is 5.92 Å². The molecule has 22 heavy (non-hydrogen) atoms. The molecule has 2 aliphatic rings. The zero-order chi connectivity index (χ0) is 16.3. The second-order valence-corrected chi connectivity index (χ2v) is 7.35. The Morgan fingerprint density at radius 3 is 2.77 bits per heavy atom. The molecule has 1 N–H and O–H groups in total. The number of carbonyl (C=O) groups is 2.